The first-order chi connectivity index (χ1) is 8.71. The van der Waals surface area contributed by atoms with Crippen LogP contribution in [0.1, 0.15) is 40.0 Å². The van der Waals surface area contributed by atoms with Crippen molar-refractivity contribution in [1.29, 1.82) is 0 Å². The zero-order valence-electron chi connectivity index (χ0n) is 12.9. The molecule has 0 spiro atoms. The van der Waals surface area contributed by atoms with Crippen LogP contribution in [0.4, 0.5) is 0 Å². The topological polar surface area (TPSA) is 35.5 Å². The first kappa shape index (κ1) is 16.4. The molecule has 1 aliphatic rings. The number of carbonyl (C=O) groups excluding carboxylic acids is 1. The second-order valence-corrected chi connectivity index (χ2v) is 11.8. The van der Waals surface area contributed by atoms with E-state index in [0.717, 1.165) is 19.3 Å². The first-order valence-corrected chi connectivity index (χ1v) is 10.00. The fraction of sp³-hybridized carbons (Fsp3) is 0.800. The van der Waals surface area contributed by atoms with Gasteiger partial charge in [0.05, 0.1) is 0 Å². The summed E-state index contributed by atoms with van der Waals surface area (Å²) in [5.41, 5.74) is 0. The van der Waals surface area contributed by atoms with Gasteiger partial charge in [0.1, 0.15) is 6.10 Å². The van der Waals surface area contributed by atoms with Crippen molar-refractivity contribution < 1.29 is 14.0 Å². The van der Waals surface area contributed by atoms with Crippen LogP contribution in [0.25, 0.3) is 0 Å². The van der Waals surface area contributed by atoms with Crippen molar-refractivity contribution in [2.45, 2.75) is 70.4 Å². The molecule has 0 heterocycles. The van der Waals surface area contributed by atoms with Crippen molar-refractivity contribution in [2.75, 3.05) is 0 Å². The quantitative estimate of drug-likeness (QED) is 0.421. The summed E-state index contributed by atoms with van der Waals surface area (Å²) < 4.78 is 11.6. The molecule has 0 aliphatic heterocycles. The predicted octanol–water partition coefficient (Wildman–Crippen LogP) is 3.90. The maximum Gasteiger partial charge on any atom is 0.293 e. The molecule has 0 N–H and O–H groups in total. The number of hydrogen-bond acceptors (Lipinski definition) is 3. The standard InChI is InChI=1S/C15H28O3Si/c1-7-8-12-9-13(10-14(12)17-11-16)18-19(5,6)15(2,3)4/h7,11-14H,1,8-10H2,2-6H3. The number of ether oxygens (including phenoxy) is 1. The van der Waals surface area contributed by atoms with Crippen molar-refractivity contribution in [3.8, 4) is 0 Å². The summed E-state index contributed by atoms with van der Waals surface area (Å²) in [6.45, 7) is 15.6. The normalized spacial score (nSPS) is 28.2. The highest BCUT2D eigenvalue weighted by Gasteiger charge is 2.43. The van der Waals surface area contributed by atoms with Crippen LogP contribution in [0.15, 0.2) is 12.7 Å². The van der Waals surface area contributed by atoms with E-state index < -0.39 is 8.32 Å². The third-order valence-corrected chi connectivity index (χ3v) is 9.09. The fourth-order valence-corrected chi connectivity index (χ4v) is 3.81. The Labute approximate surface area is 118 Å². The molecule has 0 radical (unpaired) electrons. The van der Waals surface area contributed by atoms with Crippen LogP contribution < -0.4 is 0 Å². The van der Waals surface area contributed by atoms with Crippen LogP contribution in [0, 0.1) is 5.92 Å². The Bertz CT molecular complexity index is 302. The van der Waals surface area contributed by atoms with Gasteiger partial charge >= 0.3 is 0 Å². The van der Waals surface area contributed by atoms with E-state index in [1.54, 1.807) is 0 Å². The first-order valence-electron chi connectivity index (χ1n) is 7.09. The minimum Gasteiger partial charge on any atom is -0.464 e. The van der Waals surface area contributed by atoms with E-state index in [9.17, 15) is 4.79 Å². The van der Waals surface area contributed by atoms with Crippen molar-refractivity contribution in [3.63, 3.8) is 0 Å². The Morgan fingerprint density at radius 2 is 1.95 bits per heavy atom. The lowest BCUT2D eigenvalue weighted by atomic mass is 10.0. The monoisotopic (exact) mass is 284 g/mol. The summed E-state index contributed by atoms with van der Waals surface area (Å²) in [6, 6.07) is 0. The van der Waals surface area contributed by atoms with Gasteiger partial charge in [-0.15, -0.1) is 6.58 Å². The third-order valence-electron chi connectivity index (χ3n) is 4.55. The molecular formula is C15H28O3Si. The number of rotatable bonds is 6. The molecule has 1 aliphatic carbocycles. The number of hydrogen-bond donors (Lipinski definition) is 0. The van der Waals surface area contributed by atoms with Crippen LogP contribution in [0.3, 0.4) is 0 Å². The highest BCUT2D eigenvalue weighted by molar-refractivity contribution is 6.74. The Kier molecular flexibility index (Phi) is 5.39. The predicted molar refractivity (Wildman–Crippen MR) is 80.5 cm³/mol. The van der Waals surface area contributed by atoms with Gasteiger partial charge in [-0.25, -0.2) is 0 Å². The van der Waals surface area contributed by atoms with E-state index in [0.29, 0.717) is 12.4 Å². The zero-order chi connectivity index (χ0) is 14.7. The summed E-state index contributed by atoms with van der Waals surface area (Å²) >= 11 is 0. The molecule has 0 saturated heterocycles. The van der Waals surface area contributed by atoms with Gasteiger partial charge in [-0.3, -0.25) is 4.79 Å². The maximum absolute atomic E-state index is 10.6. The second-order valence-electron chi connectivity index (χ2n) is 7.03. The van der Waals surface area contributed by atoms with Gasteiger partial charge in [0.25, 0.3) is 6.47 Å². The average molecular weight is 284 g/mol. The molecule has 3 nitrogen and oxygen atoms in total. The molecule has 1 saturated carbocycles. The maximum atomic E-state index is 10.6. The smallest absolute Gasteiger partial charge is 0.293 e. The molecule has 19 heavy (non-hydrogen) atoms. The summed E-state index contributed by atoms with van der Waals surface area (Å²) in [7, 11) is -1.74. The molecule has 0 bridgehead atoms. The van der Waals surface area contributed by atoms with E-state index in [4.69, 9.17) is 9.16 Å². The minimum atomic E-state index is -1.74. The second kappa shape index (κ2) is 6.22. The third kappa shape index (κ3) is 4.18. The van der Waals surface area contributed by atoms with E-state index in [-0.39, 0.29) is 17.2 Å². The van der Waals surface area contributed by atoms with Gasteiger partial charge in [0.15, 0.2) is 8.32 Å². The largest absolute Gasteiger partial charge is 0.464 e. The molecular weight excluding hydrogens is 256 g/mol. The summed E-state index contributed by atoms with van der Waals surface area (Å²) in [5.74, 6) is 0.359. The minimum absolute atomic E-state index is 0.00901. The van der Waals surface area contributed by atoms with E-state index in [1.165, 1.54) is 0 Å². The summed E-state index contributed by atoms with van der Waals surface area (Å²) in [5, 5.41) is 0.213. The van der Waals surface area contributed by atoms with E-state index >= 15 is 0 Å². The molecule has 0 aromatic heterocycles. The summed E-state index contributed by atoms with van der Waals surface area (Å²) in [4.78, 5) is 10.6. The molecule has 0 aromatic carbocycles. The highest BCUT2D eigenvalue weighted by Crippen LogP contribution is 2.41. The average Bonchev–Trinajstić information content (AvgIpc) is 2.59. The van der Waals surface area contributed by atoms with Gasteiger partial charge in [0.2, 0.25) is 0 Å². The lowest BCUT2D eigenvalue weighted by molar-refractivity contribution is -0.135. The summed E-state index contributed by atoms with van der Waals surface area (Å²) in [6.07, 6.45) is 4.79. The van der Waals surface area contributed by atoms with Crippen LogP contribution in [0.5, 0.6) is 0 Å². The van der Waals surface area contributed by atoms with Crippen LogP contribution in [0.2, 0.25) is 18.1 Å². The number of carbonyl (C=O) groups is 1. The van der Waals surface area contributed by atoms with Crippen LogP contribution in [-0.2, 0) is 14.0 Å². The lowest BCUT2D eigenvalue weighted by Crippen LogP contribution is -2.43. The molecule has 3 atom stereocenters. The molecule has 110 valence electrons. The van der Waals surface area contributed by atoms with Gasteiger partial charge < -0.3 is 9.16 Å². The Balaban J connectivity index is 2.67. The molecule has 4 heteroatoms. The Hall–Kier alpha value is -0.613. The van der Waals surface area contributed by atoms with Crippen LogP contribution >= 0.6 is 0 Å². The fourth-order valence-electron chi connectivity index (χ4n) is 2.43. The van der Waals surface area contributed by atoms with Gasteiger partial charge in [-0.2, -0.15) is 0 Å². The molecule has 0 aromatic rings. The van der Waals surface area contributed by atoms with Gasteiger partial charge in [0, 0.05) is 18.4 Å². The highest BCUT2D eigenvalue weighted by atomic mass is 28.4. The van der Waals surface area contributed by atoms with Crippen molar-refractivity contribution in [3.05, 3.63) is 12.7 Å². The molecule has 1 fully saturated rings. The Morgan fingerprint density at radius 1 is 1.32 bits per heavy atom. The van der Waals surface area contributed by atoms with Crippen LogP contribution in [-0.4, -0.2) is 27.0 Å². The zero-order valence-corrected chi connectivity index (χ0v) is 13.9. The van der Waals surface area contributed by atoms with E-state index in [1.807, 2.05) is 6.08 Å². The van der Waals surface area contributed by atoms with Crippen molar-refractivity contribution in [1.82, 2.24) is 0 Å². The molecule has 3 unspecified atom stereocenters. The molecule has 1 rings (SSSR count). The lowest BCUT2D eigenvalue weighted by Gasteiger charge is -2.38. The number of allylic oxidation sites excluding steroid dienone is 1. The Morgan fingerprint density at radius 3 is 2.42 bits per heavy atom. The van der Waals surface area contributed by atoms with Crippen molar-refractivity contribution >= 4 is 14.8 Å². The SMILES string of the molecule is C=CCC1CC(O[Si](C)(C)C(C)(C)C)CC1OC=O. The van der Waals surface area contributed by atoms with Crippen molar-refractivity contribution in [2.24, 2.45) is 5.92 Å². The van der Waals surface area contributed by atoms with E-state index in [2.05, 4.69) is 40.4 Å². The molecule has 0 amide bonds. The van der Waals surface area contributed by atoms with Gasteiger partial charge in [-0.1, -0.05) is 26.8 Å². The van der Waals surface area contributed by atoms with Gasteiger partial charge in [-0.05, 0) is 31.0 Å².